The SMILES string of the molecule is c1csc(Nc2ncnc3c2CNCC3)c1. The molecule has 5 heteroatoms. The first-order valence-corrected chi connectivity index (χ1v) is 6.15. The van der Waals surface area contributed by atoms with Crippen molar-refractivity contribution in [3.05, 3.63) is 35.1 Å². The zero-order chi connectivity index (χ0) is 10.8. The van der Waals surface area contributed by atoms with Crippen molar-refractivity contribution in [2.24, 2.45) is 0 Å². The Morgan fingerprint density at radius 3 is 3.25 bits per heavy atom. The molecule has 0 saturated heterocycles. The molecule has 0 fully saturated rings. The molecule has 0 amide bonds. The lowest BCUT2D eigenvalue weighted by molar-refractivity contribution is 0.628. The van der Waals surface area contributed by atoms with Gasteiger partial charge in [0, 0.05) is 25.1 Å². The van der Waals surface area contributed by atoms with Crippen LogP contribution in [0.3, 0.4) is 0 Å². The van der Waals surface area contributed by atoms with E-state index in [4.69, 9.17) is 0 Å². The largest absolute Gasteiger partial charge is 0.332 e. The van der Waals surface area contributed by atoms with Crippen molar-refractivity contribution in [1.82, 2.24) is 15.3 Å². The molecular formula is C11H12N4S. The number of hydrogen-bond donors (Lipinski definition) is 2. The van der Waals surface area contributed by atoms with Gasteiger partial charge in [-0.05, 0) is 17.5 Å². The van der Waals surface area contributed by atoms with Crippen LogP contribution in [0.2, 0.25) is 0 Å². The Morgan fingerprint density at radius 1 is 1.38 bits per heavy atom. The van der Waals surface area contributed by atoms with Crippen LogP contribution in [0, 0.1) is 0 Å². The molecule has 82 valence electrons. The molecule has 1 aliphatic heterocycles. The van der Waals surface area contributed by atoms with Gasteiger partial charge in [0.05, 0.1) is 10.7 Å². The Hall–Kier alpha value is -1.46. The molecule has 0 saturated carbocycles. The van der Waals surface area contributed by atoms with Crippen molar-refractivity contribution in [2.75, 3.05) is 11.9 Å². The van der Waals surface area contributed by atoms with Crippen molar-refractivity contribution in [3.63, 3.8) is 0 Å². The van der Waals surface area contributed by atoms with Gasteiger partial charge in [-0.15, -0.1) is 11.3 Å². The topological polar surface area (TPSA) is 49.8 Å². The summed E-state index contributed by atoms with van der Waals surface area (Å²) < 4.78 is 0. The Labute approximate surface area is 97.8 Å². The summed E-state index contributed by atoms with van der Waals surface area (Å²) in [5, 5.41) is 9.85. The average Bonchev–Trinajstić information content (AvgIpc) is 2.82. The smallest absolute Gasteiger partial charge is 0.139 e. The number of nitrogens with one attached hydrogen (secondary N) is 2. The van der Waals surface area contributed by atoms with Gasteiger partial charge in [0.1, 0.15) is 12.1 Å². The Morgan fingerprint density at radius 2 is 2.38 bits per heavy atom. The monoisotopic (exact) mass is 232 g/mol. The molecule has 16 heavy (non-hydrogen) atoms. The summed E-state index contributed by atoms with van der Waals surface area (Å²) in [7, 11) is 0. The van der Waals surface area contributed by atoms with E-state index in [1.54, 1.807) is 17.7 Å². The lowest BCUT2D eigenvalue weighted by Gasteiger charge is -2.18. The van der Waals surface area contributed by atoms with E-state index in [0.717, 1.165) is 36.0 Å². The quantitative estimate of drug-likeness (QED) is 0.830. The van der Waals surface area contributed by atoms with Crippen LogP contribution in [0.4, 0.5) is 10.8 Å². The Kier molecular flexibility index (Phi) is 2.55. The number of thiophene rings is 1. The normalized spacial score (nSPS) is 14.5. The first-order chi connectivity index (χ1) is 7.93. The van der Waals surface area contributed by atoms with Gasteiger partial charge in [-0.25, -0.2) is 9.97 Å². The summed E-state index contributed by atoms with van der Waals surface area (Å²) in [4.78, 5) is 8.63. The minimum atomic E-state index is 0.851. The maximum atomic E-state index is 4.32. The summed E-state index contributed by atoms with van der Waals surface area (Å²) in [5.41, 5.74) is 2.36. The second-order valence-electron chi connectivity index (χ2n) is 3.68. The number of fused-ring (bicyclic) bond motifs is 1. The predicted molar refractivity (Wildman–Crippen MR) is 65.0 cm³/mol. The standard InChI is InChI=1S/C11H12N4S/c1-2-10(16-5-1)15-11-8-6-12-4-3-9(8)13-7-14-11/h1-2,5,7,12H,3-4,6H2,(H,13,14,15). The molecule has 0 radical (unpaired) electrons. The number of rotatable bonds is 2. The van der Waals surface area contributed by atoms with Crippen molar-refractivity contribution < 1.29 is 0 Å². The van der Waals surface area contributed by atoms with Crippen molar-refractivity contribution in [1.29, 1.82) is 0 Å². The molecule has 2 aromatic rings. The van der Waals surface area contributed by atoms with E-state index in [1.807, 2.05) is 11.4 Å². The Bertz CT molecular complexity index is 481. The van der Waals surface area contributed by atoms with E-state index >= 15 is 0 Å². The van der Waals surface area contributed by atoms with Crippen LogP contribution in [0.15, 0.2) is 23.8 Å². The molecule has 0 spiro atoms. The maximum Gasteiger partial charge on any atom is 0.139 e. The van der Waals surface area contributed by atoms with Gasteiger partial charge < -0.3 is 10.6 Å². The minimum Gasteiger partial charge on any atom is -0.332 e. The highest BCUT2D eigenvalue weighted by Gasteiger charge is 2.14. The van der Waals surface area contributed by atoms with E-state index in [2.05, 4.69) is 26.7 Å². The van der Waals surface area contributed by atoms with Gasteiger partial charge in [0.25, 0.3) is 0 Å². The molecule has 0 atom stereocenters. The van der Waals surface area contributed by atoms with Gasteiger partial charge in [-0.1, -0.05) is 0 Å². The van der Waals surface area contributed by atoms with Gasteiger partial charge in [-0.3, -0.25) is 0 Å². The van der Waals surface area contributed by atoms with Crippen molar-refractivity contribution in [3.8, 4) is 0 Å². The van der Waals surface area contributed by atoms with Crippen LogP contribution in [0.5, 0.6) is 0 Å². The number of aromatic nitrogens is 2. The molecule has 1 aliphatic rings. The van der Waals surface area contributed by atoms with Crippen LogP contribution in [0.25, 0.3) is 0 Å². The van der Waals surface area contributed by atoms with E-state index < -0.39 is 0 Å². The van der Waals surface area contributed by atoms with Crippen molar-refractivity contribution >= 4 is 22.2 Å². The summed E-state index contributed by atoms with van der Waals surface area (Å²) in [6.45, 7) is 1.85. The van der Waals surface area contributed by atoms with Crippen LogP contribution in [-0.2, 0) is 13.0 Å². The summed E-state index contributed by atoms with van der Waals surface area (Å²) in [5.74, 6) is 0.930. The first-order valence-electron chi connectivity index (χ1n) is 5.27. The van der Waals surface area contributed by atoms with Crippen LogP contribution in [0.1, 0.15) is 11.3 Å². The average molecular weight is 232 g/mol. The van der Waals surface area contributed by atoms with Crippen LogP contribution >= 0.6 is 11.3 Å². The highest BCUT2D eigenvalue weighted by molar-refractivity contribution is 7.14. The Balaban J connectivity index is 1.94. The molecule has 3 rings (SSSR count). The van der Waals surface area contributed by atoms with Gasteiger partial charge in [0.15, 0.2) is 0 Å². The minimum absolute atomic E-state index is 0.851. The lowest BCUT2D eigenvalue weighted by Crippen LogP contribution is -2.25. The summed E-state index contributed by atoms with van der Waals surface area (Å²) in [6.07, 6.45) is 2.62. The number of hydrogen-bond acceptors (Lipinski definition) is 5. The van der Waals surface area contributed by atoms with E-state index in [9.17, 15) is 0 Å². The van der Waals surface area contributed by atoms with E-state index in [1.165, 1.54) is 5.56 Å². The number of nitrogens with zero attached hydrogens (tertiary/aromatic N) is 2. The summed E-state index contributed by atoms with van der Waals surface area (Å²) in [6, 6.07) is 4.08. The second kappa shape index (κ2) is 4.19. The third-order valence-electron chi connectivity index (χ3n) is 2.64. The zero-order valence-electron chi connectivity index (χ0n) is 8.73. The molecule has 3 heterocycles. The lowest BCUT2D eigenvalue weighted by atomic mass is 10.1. The molecule has 0 unspecified atom stereocenters. The number of anilines is 2. The van der Waals surface area contributed by atoms with Gasteiger partial charge in [0.2, 0.25) is 0 Å². The third kappa shape index (κ3) is 1.79. The second-order valence-corrected chi connectivity index (χ2v) is 4.62. The fourth-order valence-corrected chi connectivity index (χ4v) is 2.46. The fraction of sp³-hybridized carbons (Fsp3) is 0.273. The molecule has 0 bridgehead atoms. The molecule has 2 aromatic heterocycles. The fourth-order valence-electron chi connectivity index (χ4n) is 1.84. The van der Waals surface area contributed by atoms with E-state index in [0.29, 0.717) is 0 Å². The zero-order valence-corrected chi connectivity index (χ0v) is 9.55. The molecule has 0 aromatic carbocycles. The van der Waals surface area contributed by atoms with Gasteiger partial charge in [-0.2, -0.15) is 0 Å². The first kappa shape index (κ1) is 9.74. The van der Waals surface area contributed by atoms with E-state index in [-0.39, 0.29) is 0 Å². The molecule has 4 nitrogen and oxygen atoms in total. The molecule has 0 aliphatic carbocycles. The molecule has 2 N–H and O–H groups in total. The highest BCUT2D eigenvalue weighted by atomic mass is 32.1. The molecular weight excluding hydrogens is 220 g/mol. The van der Waals surface area contributed by atoms with Gasteiger partial charge >= 0.3 is 0 Å². The maximum absolute atomic E-state index is 4.32. The van der Waals surface area contributed by atoms with Crippen molar-refractivity contribution in [2.45, 2.75) is 13.0 Å². The van der Waals surface area contributed by atoms with Crippen LogP contribution < -0.4 is 10.6 Å². The third-order valence-corrected chi connectivity index (χ3v) is 3.42. The highest BCUT2D eigenvalue weighted by Crippen LogP contribution is 2.24. The predicted octanol–water partition coefficient (Wildman–Crippen LogP) is 1.93. The summed E-state index contributed by atoms with van der Waals surface area (Å²) >= 11 is 1.68. The van der Waals surface area contributed by atoms with Crippen LogP contribution in [-0.4, -0.2) is 16.5 Å².